The lowest BCUT2D eigenvalue weighted by molar-refractivity contribution is -0.116. The van der Waals surface area contributed by atoms with E-state index in [0.29, 0.717) is 5.69 Å². The van der Waals surface area contributed by atoms with E-state index in [0.717, 1.165) is 23.8 Å². The summed E-state index contributed by atoms with van der Waals surface area (Å²) in [4.78, 5) is 24.1. The summed E-state index contributed by atoms with van der Waals surface area (Å²) in [7, 11) is 0. The first-order valence-electron chi connectivity index (χ1n) is 6.21. The molecule has 1 aromatic rings. The highest BCUT2D eigenvalue weighted by Gasteiger charge is 2.14. The zero-order valence-corrected chi connectivity index (χ0v) is 10.5. The van der Waals surface area contributed by atoms with Crippen LogP contribution in [0.1, 0.15) is 26.2 Å². The molecule has 0 aliphatic carbocycles. The number of carbonyl (C=O) groups is 1. The van der Waals surface area contributed by atoms with Crippen molar-refractivity contribution in [3.05, 3.63) is 29.2 Å². The summed E-state index contributed by atoms with van der Waals surface area (Å²) in [5, 5.41) is 3.58. The maximum absolute atomic E-state index is 11.2. The summed E-state index contributed by atoms with van der Waals surface area (Å²) < 4.78 is 0. The van der Waals surface area contributed by atoms with Crippen molar-refractivity contribution in [2.45, 2.75) is 26.2 Å². The summed E-state index contributed by atoms with van der Waals surface area (Å²) in [6, 6.07) is 7.38. The van der Waals surface area contributed by atoms with Crippen LogP contribution in [0.5, 0.6) is 0 Å². The predicted octanol–water partition coefficient (Wildman–Crippen LogP) is 2.71. The second-order valence-electron chi connectivity index (χ2n) is 4.48. The minimum Gasteiger partial charge on any atom is -0.372 e. The number of rotatable bonds is 3. The van der Waals surface area contributed by atoms with Crippen LogP contribution in [0, 0.1) is 4.91 Å². The molecule has 0 radical (unpaired) electrons. The summed E-state index contributed by atoms with van der Waals surface area (Å²) >= 11 is 0. The third kappa shape index (κ3) is 2.67. The third-order valence-electron chi connectivity index (χ3n) is 3.20. The number of amides is 1. The molecule has 0 unspecified atom stereocenters. The van der Waals surface area contributed by atoms with Crippen LogP contribution in [0.25, 0.3) is 0 Å². The molecule has 96 valence electrons. The Bertz CT molecular complexity index is 424. The Morgan fingerprint density at radius 2 is 1.78 bits per heavy atom. The van der Waals surface area contributed by atoms with E-state index in [1.807, 2.05) is 12.1 Å². The Labute approximate surface area is 106 Å². The smallest absolute Gasteiger partial charge is 0.246 e. The minimum absolute atomic E-state index is 0.379. The highest BCUT2D eigenvalue weighted by atomic mass is 16.3. The van der Waals surface area contributed by atoms with Gasteiger partial charge in [0.25, 0.3) is 0 Å². The number of nitroso groups, excluding NO2 is 1. The van der Waals surface area contributed by atoms with Crippen molar-refractivity contribution in [1.29, 1.82) is 0 Å². The van der Waals surface area contributed by atoms with Gasteiger partial charge in [-0.3, -0.25) is 4.79 Å². The summed E-state index contributed by atoms with van der Waals surface area (Å²) in [6.45, 7) is 3.46. The molecule has 5 nitrogen and oxygen atoms in total. The molecule has 0 atom stereocenters. The standard InChI is InChI=1S/C13H17N3O2/c1-11(17)16(14-18)13-7-5-12(6-8-13)15-9-3-2-4-10-15/h5-8H,2-4,9-10H2,1H3. The zero-order chi connectivity index (χ0) is 13.0. The van der Waals surface area contributed by atoms with Gasteiger partial charge in [-0.05, 0) is 43.5 Å². The van der Waals surface area contributed by atoms with Gasteiger partial charge >= 0.3 is 0 Å². The number of anilines is 2. The first-order chi connectivity index (χ1) is 8.72. The van der Waals surface area contributed by atoms with Crippen molar-refractivity contribution in [3.8, 4) is 0 Å². The normalized spacial score (nSPS) is 15.3. The van der Waals surface area contributed by atoms with Gasteiger partial charge in [0.05, 0.1) is 11.0 Å². The van der Waals surface area contributed by atoms with Crippen LogP contribution in [0.2, 0.25) is 0 Å². The molecule has 1 saturated heterocycles. The molecular weight excluding hydrogens is 230 g/mol. The monoisotopic (exact) mass is 247 g/mol. The van der Waals surface area contributed by atoms with Gasteiger partial charge in [0, 0.05) is 25.7 Å². The number of carbonyl (C=O) groups excluding carboxylic acids is 1. The Hall–Kier alpha value is -1.91. The molecule has 1 aliphatic rings. The van der Waals surface area contributed by atoms with Gasteiger partial charge in [0.1, 0.15) is 0 Å². The first-order valence-corrected chi connectivity index (χ1v) is 6.21. The van der Waals surface area contributed by atoms with Crippen LogP contribution < -0.4 is 9.91 Å². The fourth-order valence-electron chi connectivity index (χ4n) is 2.24. The van der Waals surface area contributed by atoms with Crippen LogP contribution in [-0.2, 0) is 4.79 Å². The van der Waals surface area contributed by atoms with Crippen molar-refractivity contribution >= 4 is 17.3 Å². The Morgan fingerprint density at radius 3 is 2.28 bits per heavy atom. The molecule has 1 amide bonds. The van der Waals surface area contributed by atoms with Gasteiger partial charge in [-0.15, -0.1) is 4.91 Å². The molecule has 0 aromatic heterocycles. The number of hydrogen-bond acceptors (Lipinski definition) is 4. The third-order valence-corrected chi connectivity index (χ3v) is 3.20. The predicted molar refractivity (Wildman–Crippen MR) is 71.5 cm³/mol. The van der Waals surface area contributed by atoms with Gasteiger partial charge in [-0.2, -0.15) is 5.01 Å². The van der Waals surface area contributed by atoms with E-state index in [1.165, 1.54) is 26.2 Å². The zero-order valence-electron chi connectivity index (χ0n) is 10.5. The van der Waals surface area contributed by atoms with Gasteiger partial charge in [-0.25, -0.2) is 0 Å². The summed E-state index contributed by atoms with van der Waals surface area (Å²) in [6.07, 6.45) is 3.73. The van der Waals surface area contributed by atoms with Crippen molar-refractivity contribution in [3.63, 3.8) is 0 Å². The van der Waals surface area contributed by atoms with E-state index >= 15 is 0 Å². The van der Waals surface area contributed by atoms with Crippen LogP contribution in [0.3, 0.4) is 0 Å². The van der Waals surface area contributed by atoms with Crippen LogP contribution >= 0.6 is 0 Å². The fourth-order valence-corrected chi connectivity index (χ4v) is 2.24. The molecule has 0 bridgehead atoms. The molecule has 5 heteroatoms. The molecule has 2 rings (SSSR count). The highest BCUT2D eigenvalue weighted by Crippen LogP contribution is 2.23. The average molecular weight is 247 g/mol. The molecule has 0 saturated carbocycles. The maximum atomic E-state index is 11.2. The van der Waals surface area contributed by atoms with Gasteiger partial charge in [0.2, 0.25) is 5.91 Å². The van der Waals surface area contributed by atoms with Gasteiger partial charge in [-0.1, -0.05) is 0 Å². The topological polar surface area (TPSA) is 53.0 Å². The maximum Gasteiger partial charge on any atom is 0.246 e. The van der Waals surface area contributed by atoms with Gasteiger partial charge < -0.3 is 4.90 Å². The number of benzene rings is 1. The van der Waals surface area contributed by atoms with Crippen molar-refractivity contribution in [2.24, 2.45) is 5.29 Å². The Kier molecular flexibility index (Phi) is 3.92. The van der Waals surface area contributed by atoms with Crippen molar-refractivity contribution in [2.75, 3.05) is 23.0 Å². The van der Waals surface area contributed by atoms with Crippen LogP contribution in [0.15, 0.2) is 29.6 Å². The van der Waals surface area contributed by atoms with E-state index in [1.54, 1.807) is 12.1 Å². The second-order valence-corrected chi connectivity index (χ2v) is 4.48. The van der Waals surface area contributed by atoms with E-state index in [9.17, 15) is 9.70 Å². The Morgan fingerprint density at radius 1 is 1.17 bits per heavy atom. The van der Waals surface area contributed by atoms with E-state index in [2.05, 4.69) is 10.2 Å². The van der Waals surface area contributed by atoms with Crippen molar-refractivity contribution in [1.82, 2.24) is 0 Å². The minimum atomic E-state index is -0.379. The molecule has 1 fully saturated rings. The van der Waals surface area contributed by atoms with Crippen LogP contribution in [0.4, 0.5) is 11.4 Å². The SMILES string of the molecule is CC(=O)N(N=O)c1ccc(N2CCCCC2)cc1. The average Bonchev–Trinajstić information content (AvgIpc) is 2.41. The number of piperidine rings is 1. The van der Waals surface area contributed by atoms with Gasteiger partial charge in [0.15, 0.2) is 0 Å². The molecule has 18 heavy (non-hydrogen) atoms. The second kappa shape index (κ2) is 5.62. The number of hydrogen-bond donors (Lipinski definition) is 0. The lowest BCUT2D eigenvalue weighted by atomic mass is 10.1. The lowest BCUT2D eigenvalue weighted by Crippen LogP contribution is -2.29. The molecule has 0 N–H and O–H groups in total. The molecule has 1 aromatic carbocycles. The van der Waals surface area contributed by atoms with E-state index in [4.69, 9.17) is 0 Å². The molecule has 0 spiro atoms. The fraction of sp³-hybridized carbons (Fsp3) is 0.462. The highest BCUT2D eigenvalue weighted by molar-refractivity contribution is 5.90. The molecular formula is C13H17N3O2. The summed E-state index contributed by atoms with van der Waals surface area (Å²) in [5.41, 5.74) is 1.64. The summed E-state index contributed by atoms with van der Waals surface area (Å²) in [5.74, 6) is -0.379. The van der Waals surface area contributed by atoms with E-state index < -0.39 is 0 Å². The Balaban J connectivity index is 2.13. The largest absolute Gasteiger partial charge is 0.372 e. The van der Waals surface area contributed by atoms with Crippen molar-refractivity contribution < 1.29 is 4.79 Å². The lowest BCUT2D eigenvalue weighted by Gasteiger charge is -2.29. The molecule has 1 aliphatic heterocycles. The molecule has 1 heterocycles. The van der Waals surface area contributed by atoms with E-state index in [-0.39, 0.29) is 5.91 Å². The quantitative estimate of drug-likeness (QED) is 0.609. The number of nitrogens with zero attached hydrogens (tertiary/aromatic N) is 3. The van der Waals surface area contributed by atoms with Crippen LogP contribution in [-0.4, -0.2) is 19.0 Å². The first kappa shape index (κ1) is 12.5.